The molecule has 3 amide bonds. The first-order valence-electron chi connectivity index (χ1n) is 20.6. The van der Waals surface area contributed by atoms with Gasteiger partial charge in [-0.25, -0.2) is 13.2 Å². The number of alkyl halides is 4. The van der Waals surface area contributed by atoms with Gasteiger partial charge in [-0.05, 0) is 92.9 Å². The molecule has 0 radical (unpaired) electrons. The minimum Gasteiger partial charge on any atom is -0.481 e. The number of benzene rings is 1. The molecular weight excluding hydrogens is 887 g/mol. The maximum atomic E-state index is 17.8. The number of carboxylic acid groups (broad SMARTS) is 1. The van der Waals surface area contributed by atoms with Gasteiger partial charge in [0.2, 0.25) is 22.8 Å². The van der Waals surface area contributed by atoms with Crippen molar-refractivity contribution in [2.45, 2.75) is 119 Å². The summed E-state index contributed by atoms with van der Waals surface area (Å²) >= 11 is 3.42. The van der Waals surface area contributed by atoms with Crippen LogP contribution in [0.4, 0.5) is 13.2 Å². The van der Waals surface area contributed by atoms with Crippen LogP contribution < -0.4 is 16.0 Å². The first kappa shape index (κ1) is 44.0. The molecule has 0 unspecified atom stereocenters. The van der Waals surface area contributed by atoms with Crippen molar-refractivity contribution in [2.24, 2.45) is 28.1 Å². The monoisotopic (exact) mass is 935 g/mol. The number of aliphatic carboxylic acids is 1. The molecule has 1 aliphatic heterocycles. The largest absolute Gasteiger partial charge is 0.481 e. The second-order valence-corrected chi connectivity index (χ2v) is 20.1. The zero-order valence-corrected chi connectivity index (χ0v) is 36.1. The van der Waals surface area contributed by atoms with E-state index in [2.05, 4.69) is 31.9 Å². The van der Waals surface area contributed by atoms with Crippen molar-refractivity contribution >= 4 is 62.3 Å². The van der Waals surface area contributed by atoms with E-state index in [9.17, 15) is 43.4 Å². The second kappa shape index (κ2) is 15.6. The molecule has 0 aromatic heterocycles. The molecule has 0 spiro atoms. The topological polar surface area (TPSA) is 197 Å². The Kier molecular flexibility index (Phi) is 11.3. The molecule has 1 aromatic carbocycles. The molecule has 1 saturated heterocycles. The fraction of sp³-hybridized carbons (Fsp3) is 0.628. The van der Waals surface area contributed by atoms with Crippen LogP contribution in [-0.2, 0) is 44.7 Å². The van der Waals surface area contributed by atoms with E-state index in [4.69, 9.17) is 9.47 Å². The third-order valence-electron chi connectivity index (χ3n) is 15.1. The number of fused-ring (bicyclic) bond motifs is 7. The summed E-state index contributed by atoms with van der Waals surface area (Å²) in [6, 6.07) is 5.35. The van der Waals surface area contributed by atoms with E-state index in [1.807, 2.05) is 24.3 Å². The quantitative estimate of drug-likeness (QED) is 0.166. The van der Waals surface area contributed by atoms with E-state index < -0.39 is 111 Å². The van der Waals surface area contributed by atoms with Gasteiger partial charge in [-0.2, -0.15) is 0 Å². The lowest BCUT2D eigenvalue weighted by Gasteiger charge is -2.71. The highest BCUT2D eigenvalue weighted by atomic mass is 79.9. The number of aliphatic hydroxyl groups excluding tert-OH is 1. The number of ketones is 1. The number of ether oxygens (including phenoxy) is 2. The van der Waals surface area contributed by atoms with Gasteiger partial charge in [0.25, 0.3) is 0 Å². The lowest BCUT2D eigenvalue weighted by atomic mass is 9.38. The third-order valence-corrected chi connectivity index (χ3v) is 16.3. The van der Waals surface area contributed by atoms with Crippen molar-refractivity contribution < 1.29 is 61.6 Å². The van der Waals surface area contributed by atoms with E-state index in [0.717, 1.165) is 11.6 Å². The first-order valence-corrected chi connectivity index (χ1v) is 22.7. The zero-order chi connectivity index (χ0) is 43.9. The molecular formula is C43H49BrF3N3O10S. The molecule has 61 heavy (non-hydrogen) atoms. The number of aliphatic hydroxyl groups is 1. The van der Waals surface area contributed by atoms with E-state index in [0.29, 0.717) is 43.0 Å². The van der Waals surface area contributed by atoms with E-state index >= 15 is 8.78 Å². The maximum absolute atomic E-state index is 17.8. The van der Waals surface area contributed by atoms with Crippen LogP contribution in [0.5, 0.6) is 0 Å². The van der Waals surface area contributed by atoms with Crippen molar-refractivity contribution in [3.05, 3.63) is 59.2 Å². The minimum absolute atomic E-state index is 0.00222. The number of nitrogens with one attached hydrogen (secondary N) is 3. The van der Waals surface area contributed by atoms with Crippen LogP contribution in [0.25, 0.3) is 0 Å². The molecule has 2 bridgehead atoms. The van der Waals surface area contributed by atoms with E-state index in [1.165, 1.54) is 19.1 Å². The number of allylic oxidation sites excluding steroid dienone is 4. The summed E-state index contributed by atoms with van der Waals surface area (Å²) in [4.78, 5) is 74.8. The van der Waals surface area contributed by atoms with Crippen LogP contribution in [0.1, 0.15) is 82.6 Å². The minimum atomic E-state index is -2.37. The van der Waals surface area contributed by atoms with Crippen LogP contribution in [0.15, 0.2) is 48.1 Å². The fourth-order valence-electron chi connectivity index (χ4n) is 12.5. The number of carbonyl (C=O) groups is 6. The zero-order valence-electron chi connectivity index (χ0n) is 33.6. The number of rotatable bonds is 14. The van der Waals surface area contributed by atoms with Gasteiger partial charge in [0.1, 0.15) is 18.2 Å². The standard InChI is InChI=1S/C43H49BrF3N3O10S/c1-38-10-9-24(51)11-27(38)28(46)12-26-25-13-31-43(37(58)61-21-45,39(25,2)15-30(52)42(26,38)47)60-36(59-31)23-5-3-22(4-6-23)14-40-18-41(19-40,20-40)50-35(57)29(7-8-34(55)56)49-33(54)17-48-32(53)16-44/h3-6,9-11,25-26,28-31,36,52H,7-8,12-21H2,1-2H3,(H,48,53)(H,49,54)(H,50,57)(H,55,56)/t25-,26-,28-,29-,30-,31+,36+,38-,39-,40?,41?,42-,43-/m0/s1. The normalized spacial score (nSPS) is 40.4. The molecule has 9 rings (SSSR count). The average molecular weight is 937 g/mol. The van der Waals surface area contributed by atoms with Crippen LogP contribution in [-0.4, -0.2) is 104 Å². The van der Waals surface area contributed by atoms with Crippen molar-refractivity contribution in [3.63, 3.8) is 0 Å². The van der Waals surface area contributed by atoms with Gasteiger partial charge in [0, 0.05) is 34.3 Å². The summed E-state index contributed by atoms with van der Waals surface area (Å²) in [6.07, 6.45) is 0.206. The number of carbonyl (C=O) groups excluding carboxylic acids is 5. The third kappa shape index (κ3) is 6.92. The molecule has 6 saturated carbocycles. The molecule has 1 aromatic rings. The summed E-state index contributed by atoms with van der Waals surface area (Å²) in [5.41, 5.74) is -5.97. The number of halogens is 4. The summed E-state index contributed by atoms with van der Waals surface area (Å²) in [5, 5.41) is 28.3. The number of hydrogen-bond acceptors (Lipinski definition) is 10. The Morgan fingerprint density at radius 2 is 1.75 bits per heavy atom. The Balaban J connectivity index is 0.930. The molecule has 7 fully saturated rings. The predicted octanol–water partition coefficient (Wildman–Crippen LogP) is 4.40. The van der Waals surface area contributed by atoms with Crippen molar-refractivity contribution in [3.8, 4) is 0 Å². The number of hydrogen-bond donors (Lipinski definition) is 5. The van der Waals surface area contributed by atoms with Gasteiger partial charge in [-0.15, -0.1) is 0 Å². The Morgan fingerprint density at radius 3 is 2.41 bits per heavy atom. The summed E-state index contributed by atoms with van der Waals surface area (Å²) in [7, 11) is 0. The van der Waals surface area contributed by atoms with Gasteiger partial charge in [-0.3, -0.25) is 28.8 Å². The Bertz CT molecular complexity index is 2090. The van der Waals surface area contributed by atoms with Crippen molar-refractivity contribution in [1.82, 2.24) is 16.0 Å². The number of amides is 3. The molecule has 1 heterocycles. The van der Waals surface area contributed by atoms with Gasteiger partial charge in [0.05, 0.1) is 24.1 Å². The van der Waals surface area contributed by atoms with Crippen LogP contribution in [0, 0.1) is 28.1 Å². The highest BCUT2D eigenvalue weighted by Gasteiger charge is 2.80. The molecule has 7 aliphatic carbocycles. The maximum Gasteiger partial charge on any atom is 0.303 e. The average Bonchev–Trinajstić information content (AvgIpc) is 3.69. The predicted molar refractivity (Wildman–Crippen MR) is 217 cm³/mol. The molecule has 18 heteroatoms. The summed E-state index contributed by atoms with van der Waals surface area (Å²) in [5.74, 6) is -4.84. The SMILES string of the molecule is C[C@]12C=CC(=O)C=C1[C@@H](F)C[C@H]1[C@@H]3C[C@H]4O[C@@H](c5ccc(CC67CC(NC(=O)[C@H](CCC(=O)O)NC(=O)CNC(=O)CBr)(C6)C7)cc5)O[C@@]4(C(=O)SCF)[C@@]3(C)C[C@H](O)[C@@]12F. The molecule has 13 nitrogen and oxygen atoms in total. The van der Waals surface area contributed by atoms with Crippen LogP contribution in [0.2, 0.25) is 0 Å². The Hall–Kier alpha value is -3.58. The molecule has 5 N–H and O–H groups in total. The van der Waals surface area contributed by atoms with E-state index in [1.54, 1.807) is 6.92 Å². The van der Waals surface area contributed by atoms with Crippen molar-refractivity contribution in [1.29, 1.82) is 0 Å². The molecule has 11 atom stereocenters. The smallest absolute Gasteiger partial charge is 0.303 e. The number of carboxylic acids is 1. The highest BCUT2D eigenvalue weighted by molar-refractivity contribution is 9.09. The summed E-state index contributed by atoms with van der Waals surface area (Å²) < 4.78 is 60.8. The van der Waals surface area contributed by atoms with Gasteiger partial charge >= 0.3 is 5.97 Å². The van der Waals surface area contributed by atoms with E-state index in [-0.39, 0.29) is 55.0 Å². The lowest BCUT2D eigenvalue weighted by Crippen LogP contribution is -2.76. The van der Waals surface area contributed by atoms with Crippen LogP contribution in [0.3, 0.4) is 0 Å². The van der Waals surface area contributed by atoms with Crippen LogP contribution >= 0.6 is 27.7 Å². The highest BCUT2D eigenvalue weighted by Crippen LogP contribution is 2.73. The lowest BCUT2D eigenvalue weighted by molar-refractivity contribution is -0.232. The number of thioether (sulfide) groups is 1. The Labute approximate surface area is 362 Å². The van der Waals surface area contributed by atoms with Gasteiger partial charge in [0.15, 0.2) is 23.3 Å². The van der Waals surface area contributed by atoms with Gasteiger partial charge in [-0.1, -0.05) is 65.0 Å². The first-order chi connectivity index (χ1) is 28.8. The Morgan fingerprint density at radius 1 is 1.05 bits per heavy atom. The summed E-state index contributed by atoms with van der Waals surface area (Å²) in [6.45, 7) is 2.87. The second-order valence-electron chi connectivity index (χ2n) is 18.6. The molecule has 330 valence electrons. The molecule has 8 aliphatic rings. The van der Waals surface area contributed by atoms with Crippen molar-refractivity contribution in [2.75, 3.05) is 17.9 Å². The van der Waals surface area contributed by atoms with Gasteiger partial charge < -0.3 is 35.6 Å². The fourth-order valence-corrected chi connectivity index (χ4v) is 13.4.